The van der Waals surface area contributed by atoms with Crippen LogP contribution in [-0.4, -0.2) is 34.7 Å². The number of ether oxygens (including phenoxy) is 1. The van der Waals surface area contributed by atoms with Gasteiger partial charge in [0.2, 0.25) is 0 Å². The number of carboxylic acid groups (broad SMARTS) is 1. The maximum absolute atomic E-state index is 10.9. The number of carboxylic acids is 1. The highest BCUT2D eigenvalue weighted by atomic mass is 32.2. The first kappa shape index (κ1) is 12.8. The lowest BCUT2D eigenvalue weighted by Gasteiger charge is -2.08. The lowest BCUT2D eigenvalue weighted by Crippen LogP contribution is -2.08. The molecule has 0 atom stereocenters. The Hall–Kier alpha value is -1.23. The largest absolute Gasteiger partial charge is 0.491 e. The van der Waals surface area contributed by atoms with Crippen molar-refractivity contribution in [3.8, 4) is 5.75 Å². The third-order valence-corrected chi connectivity index (χ3v) is 2.65. The second-order valence-electron chi connectivity index (χ2n) is 3.30. The van der Waals surface area contributed by atoms with Gasteiger partial charge in [-0.1, -0.05) is 0 Å². The van der Waals surface area contributed by atoms with E-state index in [2.05, 4.69) is 4.98 Å². The van der Waals surface area contributed by atoms with Crippen molar-refractivity contribution in [3.63, 3.8) is 0 Å². The van der Waals surface area contributed by atoms with Crippen molar-refractivity contribution in [1.82, 2.24) is 4.98 Å². The van der Waals surface area contributed by atoms with Gasteiger partial charge in [0.05, 0.1) is 6.61 Å². The van der Waals surface area contributed by atoms with Crippen LogP contribution in [0.3, 0.4) is 0 Å². The van der Waals surface area contributed by atoms with E-state index >= 15 is 0 Å². The van der Waals surface area contributed by atoms with Gasteiger partial charge in [-0.3, -0.25) is 0 Å². The molecule has 1 heterocycles. The minimum absolute atomic E-state index is 0.0100. The van der Waals surface area contributed by atoms with Crippen LogP contribution in [0.15, 0.2) is 12.1 Å². The summed E-state index contributed by atoms with van der Waals surface area (Å²) in [6.45, 7) is 2.27. The lowest BCUT2D eigenvalue weighted by atomic mass is 10.3. The van der Waals surface area contributed by atoms with Gasteiger partial charge in [0.1, 0.15) is 0 Å². The first-order valence-electron chi connectivity index (χ1n) is 4.98. The van der Waals surface area contributed by atoms with Gasteiger partial charge in [-0.05, 0) is 37.5 Å². The lowest BCUT2D eigenvalue weighted by molar-refractivity contribution is 0.0685. The molecule has 0 amide bonds. The number of carbonyl (C=O) groups is 1. The Balaban J connectivity index is 2.67. The second kappa shape index (κ2) is 6.37. The van der Waals surface area contributed by atoms with E-state index in [0.29, 0.717) is 18.1 Å². The SMILES string of the molecule is CSCCCOc1ccc(C)nc1C(=O)O. The van der Waals surface area contributed by atoms with Crippen molar-refractivity contribution < 1.29 is 14.6 Å². The van der Waals surface area contributed by atoms with E-state index in [0.717, 1.165) is 12.2 Å². The molecule has 0 fully saturated rings. The number of hydrogen-bond acceptors (Lipinski definition) is 4. The molecule has 0 aliphatic rings. The Morgan fingerprint density at radius 1 is 1.56 bits per heavy atom. The summed E-state index contributed by atoms with van der Waals surface area (Å²) in [7, 11) is 0. The highest BCUT2D eigenvalue weighted by Crippen LogP contribution is 2.17. The summed E-state index contributed by atoms with van der Waals surface area (Å²) in [6, 6.07) is 3.40. The molecule has 1 rings (SSSR count). The highest BCUT2D eigenvalue weighted by molar-refractivity contribution is 7.98. The number of hydrogen-bond donors (Lipinski definition) is 1. The molecule has 0 aliphatic carbocycles. The van der Waals surface area contributed by atoms with Gasteiger partial charge in [-0.2, -0.15) is 11.8 Å². The van der Waals surface area contributed by atoms with Crippen molar-refractivity contribution in [2.24, 2.45) is 0 Å². The molecule has 0 aliphatic heterocycles. The second-order valence-corrected chi connectivity index (χ2v) is 4.28. The minimum Gasteiger partial charge on any atom is -0.491 e. The summed E-state index contributed by atoms with van der Waals surface area (Å²) in [4.78, 5) is 14.9. The average molecular weight is 241 g/mol. The maximum atomic E-state index is 10.9. The zero-order chi connectivity index (χ0) is 12.0. The molecule has 0 bridgehead atoms. The number of aryl methyl sites for hydroxylation is 1. The Morgan fingerprint density at radius 2 is 2.31 bits per heavy atom. The molecule has 4 nitrogen and oxygen atoms in total. The van der Waals surface area contributed by atoms with Crippen molar-refractivity contribution in [1.29, 1.82) is 0 Å². The van der Waals surface area contributed by atoms with Crippen molar-refractivity contribution >= 4 is 17.7 Å². The molecule has 16 heavy (non-hydrogen) atoms. The molecular formula is C11H15NO3S. The predicted octanol–water partition coefficient (Wildman–Crippen LogP) is 2.22. The Morgan fingerprint density at radius 3 is 2.94 bits per heavy atom. The molecule has 0 unspecified atom stereocenters. The summed E-state index contributed by atoms with van der Waals surface area (Å²) >= 11 is 1.74. The van der Waals surface area contributed by atoms with Crippen molar-refractivity contribution in [2.75, 3.05) is 18.6 Å². The molecule has 1 N–H and O–H groups in total. The average Bonchev–Trinajstić information content (AvgIpc) is 2.26. The third kappa shape index (κ3) is 3.73. The van der Waals surface area contributed by atoms with Crippen LogP contribution >= 0.6 is 11.8 Å². The van der Waals surface area contributed by atoms with Crippen molar-refractivity contribution in [3.05, 3.63) is 23.5 Å². The molecule has 0 saturated heterocycles. The van der Waals surface area contributed by atoms with Crippen LogP contribution in [0.2, 0.25) is 0 Å². The van der Waals surface area contributed by atoms with Gasteiger partial charge in [0, 0.05) is 5.69 Å². The first-order chi connectivity index (χ1) is 7.65. The molecule has 0 radical (unpaired) electrons. The number of nitrogens with zero attached hydrogens (tertiary/aromatic N) is 1. The summed E-state index contributed by atoms with van der Waals surface area (Å²) in [5.74, 6) is 0.296. The number of thioether (sulfide) groups is 1. The summed E-state index contributed by atoms with van der Waals surface area (Å²) < 4.78 is 5.40. The van der Waals surface area contributed by atoms with Crippen LogP contribution in [0.1, 0.15) is 22.6 Å². The minimum atomic E-state index is -1.05. The number of rotatable bonds is 6. The fraction of sp³-hybridized carbons (Fsp3) is 0.455. The third-order valence-electron chi connectivity index (χ3n) is 1.95. The molecule has 0 spiro atoms. The van der Waals surface area contributed by atoms with E-state index in [9.17, 15) is 4.79 Å². The number of aromatic nitrogens is 1. The van der Waals surface area contributed by atoms with Gasteiger partial charge >= 0.3 is 5.97 Å². The van der Waals surface area contributed by atoms with E-state index in [1.807, 2.05) is 6.26 Å². The zero-order valence-electron chi connectivity index (χ0n) is 9.40. The summed E-state index contributed by atoms with van der Waals surface area (Å²) in [5, 5.41) is 8.95. The van der Waals surface area contributed by atoms with Gasteiger partial charge in [0.25, 0.3) is 0 Å². The summed E-state index contributed by atoms with van der Waals surface area (Å²) in [5.41, 5.74) is 0.665. The van der Waals surface area contributed by atoms with E-state index in [1.54, 1.807) is 30.8 Å². The van der Waals surface area contributed by atoms with Crippen LogP contribution < -0.4 is 4.74 Å². The molecule has 0 aromatic carbocycles. The number of aromatic carboxylic acids is 1. The van der Waals surface area contributed by atoms with Crippen LogP contribution in [-0.2, 0) is 0 Å². The van der Waals surface area contributed by atoms with E-state index in [4.69, 9.17) is 9.84 Å². The maximum Gasteiger partial charge on any atom is 0.358 e. The van der Waals surface area contributed by atoms with Crippen LogP contribution in [0.4, 0.5) is 0 Å². The van der Waals surface area contributed by atoms with E-state index in [1.165, 1.54) is 0 Å². The fourth-order valence-electron chi connectivity index (χ4n) is 1.20. The van der Waals surface area contributed by atoms with E-state index in [-0.39, 0.29) is 5.69 Å². The molecule has 5 heteroatoms. The summed E-state index contributed by atoms with van der Waals surface area (Å²) in [6.07, 6.45) is 2.92. The topological polar surface area (TPSA) is 59.4 Å². The Kier molecular flexibility index (Phi) is 5.11. The van der Waals surface area contributed by atoms with Crippen molar-refractivity contribution in [2.45, 2.75) is 13.3 Å². The predicted molar refractivity (Wildman–Crippen MR) is 64.4 cm³/mol. The Bertz CT molecular complexity index is 368. The quantitative estimate of drug-likeness (QED) is 0.774. The smallest absolute Gasteiger partial charge is 0.358 e. The van der Waals surface area contributed by atoms with Gasteiger partial charge < -0.3 is 9.84 Å². The normalized spacial score (nSPS) is 10.1. The standard InChI is InChI=1S/C11H15NO3S/c1-8-4-5-9(10(12-8)11(13)14)15-6-3-7-16-2/h4-5H,3,6-7H2,1-2H3,(H,13,14). The molecule has 88 valence electrons. The molecule has 1 aromatic heterocycles. The van der Waals surface area contributed by atoms with Crippen LogP contribution in [0.5, 0.6) is 5.75 Å². The molecular weight excluding hydrogens is 226 g/mol. The van der Waals surface area contributed by atoms with Gasteiger partial charge in [0.15, 0.2) is 11.4 Å². The Labute approximate surface area is 99.0 Å². The zero-order valence-corrected chi connectivity index (χ0v) is 10.2. The highest BCUT2D eigenvalue weighted by Gasteiger charge is 2.13. The monoisotopic (exact) mass is 241 g/mol. The van der Waals surface area contributed by atoms with Gasteiger partial charge in [-0.25, -0.2) is 9.78 Å². The number of pyridine rings is 1. The van der Waals surface area contributed by atoms with Gasteiger partial charge in [-0.15, -0.1) is 0 Å². The first-order valence-corrected chi connectivity index (χ1v) is 6.37. The fourth-order valence-corrected chi connectivity index (χ4v) is 1.61. The van der Waals surface area contributed by atoms with Crippen LogP contribution in [0.25, 0.3) is 0 Å². The molecule has 1 aromatic rings. The molecule has 0 saturated carbocycles. The van der Waals surface area contributed by atoms with Crippen LogP contribution in [0, 0.1) is 6.92 Å². The van der Waals surface area contributed by atoms with E-state index < -0.39 is 5.97 Å².